The van der Waals surface area contributed by atoms with Crippen LogP contribution in [0.1, 0.15) is 11.1 Å². The van der Waals surface area contributed by atoms with Gasteiger partial charge < -0.3 is 18.0 Å². The van der Waals surface area contributed by atoms with Gasteiger partial charge in [0.1, 0.15) is 16.7 Å². The maximum Gasteiger partial charge on any atom is 0.160 e. The molecule has 0 saturated heterocycles. The Morgan fingerprint density at radius 1 is 0.400 bits per heavy atom. The Morgan fingerprint density at radius 2 is 0.920 bits per heavy atom. The fraction of sp³-hybridized carbons (Fsp3) is 0. The van der Waals surface area contributed by atoms with E-state index >= 15 is 0 Å². The highest BCUT2D eigenvalue weighted by atomic mass is 16.3. The number of benzene rings is 7. The molecule has 0 fully saturated rings. The lowest BCUT2D eigenvalue weighted by molar-refractivity contribution is 0.669. The molecule has 0 aliphatic heterocycles. The maximum atomic E-state index is 9.62. The van der Waals surface area contributed by atoms with E-state index in [9.17, 15) is 10.5 Å². The molecule has 0 amide bonds. The third kappa shape index (κ3) is 3.49. The molecule has 7 aromatic carbocycles. The predicted molar refractivity (Wildman–Crippen MR) is 199 cm³/mol. The Balaban J connectivity index is 1.19. The van der Waals surface area contributed by atoms with E-state index in [-0.39, 0.29) is 0 Å². The van der Waals surface area contributed by atoms with Gasteiger partial charge in [-0.15, -0.1) is 0 Å². The molecule has 230 valence electrons. The number of para-hydroxylation sites is 2. The topological polar surface area (TPSA) is 83.7 Å². The van der Waals surface area contributed by atoms with Crippen LogP contribution in [0, 0.1) is 22.7 Å². The normalized spacial score (nSPS) is 12.0. The van der Waals surface area contributed by atoms with Gasteiger partial charge in [-0.3, -0.25) is 0 Å². The van der Waals surface area contributed by atoms with Gasteiger partial charge in [-0.25, -0.2) is 0 Å². The average molecular weight is 639 g/mol. The number of hydrogen-bond donors (Lipinski definition) is 0. The largest absolute Gasteiger partial charge is 0.456 e. The van der Waals surface area contributed by atoms with Crippen molar-refractivity contribution in [2.24, 2.45) is 0 Å². The summed E-state index contributed by atoms with van der Waals surface area (Å²) in [5.74, 6) is 0. The molecule has 0 saturated carbocycles. The Kier molecular flexibility index (Phi) is 5.16. The van der Waals surface area contributed by atoms with Crippen LogP contribution in [0.3, 0.4) is 0 Å². The number of rotatable bonds is 2. The van der Waals surface area contributed by atoms with Gasteiger partial charge in [-0.1, -0.05) is 42.5 Å². The highest BCUT2D eigenvalue weighted by Gasteiger charge is 2.21. The van der Waals surface area contributed by atoms with Gasteiger partial charge in [0, 0.05) is 54.5 Å². The molecule has 11 aromatic rings. The predicted octanol–water partition coefficient (Wildman–Crippen LogP) is 11.4. The molecule has 4 heterocycles. The fourth-order valence-corrected chi connectivity index (χ4v) is 7.97. The average Bonchev–Trinajstić information content (AvgIpc) is 3.91. The van der Waals surface area contributed by atoms with Crippen LogP contribution in [0.15, 0.2) is 142 Å². The summed E-state index contributed by atoms with van der Waals surface area (Å²) in [6.45, 7) is 0. The Morgan fingerprint density at radius 3 is 1.64 bits per heavy atom. The lowest BCUT2D eigenvalue weighted by atomic mass is 10.1. The molecule has 50 heavy (non-hydrogen) atoms. The first kappa shape index (κ1) is 26.8. The van der Waals surface area contributed by atoms with Gasteiger partial charge in [-0.05, 0) is 91.0 Å². The first-order valence-corrected chi connectivity index (χ1v) is 16.4. The summed E-state index contributed by atoms with van der Waals surface area (Å²) >= 11 is 0. The van der Waals surface area contributed by atoms with Crippen molar-refractivity contribution in [1.82, 2.24) is 9.13 Å². The van der Waals surface area contributed by atoms with Crippen LogP contribution in [0.25, 0.3) is 98.9 Å². The third-order valence-corrected chi connectivity index (χ3v) is 10.2. The second-order valence-corrected chi connectivity index (χ2v) is 12.8. The molecule has 0 aliphatic rings. The van der Waals surface area contributed by atoms with E-state index in [1.807, 2.05) is 54.6 Å². The van der Waals surface area contributed by atoms with E-state index < -0.39 is 0 Å². The van der Waals surface area contributed by atoms with Crippen LogP contribution in [0.5, 0.6) is 0 Å². The molecule has 0 atom stereocenters. The van der Waals surface area contributed by atoms with Crippen LogP contribution >= 0.6 is 0 Å². The lowest BCUT2D eigenvalue weighted by Crippen LogP contribution is -1.94. The number of fused-ring (bicyclic) bond motifs is 13. The molecule has 6 nitrogen and oxygen atoms in total. The summed E-state index contributed by atoms with van der Waals surface area (Å²) in [4.78, 5) is 0. The van der Waals surface area contributed by atoms with Gasteiger partial charge in [0.2, 0.25) is 0 Å². The van der Waals surface area contributed by atoms with Crippen molar-refractivity contribution < 1.29 is 8.83 Å². The highest BCUT2D eigenvalue weighted by molar-refractivity contribution is 6.22. The molecule has 11 rings (SSSR count). The summed E-state index contributed by atoms with van der Waals surface area (Å²) in [7, 11) is 0. The Labute approximate surface area is 283 Å². The second-order valence-electron chi connectivity index (χ2n) is 12.8. The van der Waals surface area contributed by atoms with Gasteiger partial charge >= 0.3 is 0 Å². The molecule has 0 radical (unpaired) electrons. The number of aromatic nitrogens is 2. The van der Waals surface area contributed by atoms with E-state index in [4.69, 9.17) is 8.83 Å². The Bertz CT molecular complexity index is 3360. The molecule has 4 aromatic heterocycles. The van der Waals surface area contributed by atoms with Gasteiger partial charge in [0.25, 0.3) is 0 Å². The zero-order valence-electron chi connectivity index (χ0n) is 26.3. The smallest absolute Gasteiger partial charge is 0.160 e. The van der Waals surface area contributed by atoms with Crippen LogP contribution in [0.4, 0.5) is 0 Å². The zero-order chi connectivity index (χ0) is 33.1. The summed E-state index contributed by atoms with van der Waals surface area (Å²) < 4.78 is 17.5. The first-order chi connectivity index (χ1) is 24.7. The third-order valence-electron chi connectivity index (χ3n) is 10.2. The number of nitrogens with zero attached hydrogens (tertiary/aromatic N) is 4. The summed E-state index contributed by atoms with van der Waals surface area (Å²) in [5, 5.41) is 27.5. The number of furan rings is 2. The van der Waals surface area contributed by atoms with E-state index in [0.717, 1.165) is 98.9 Å². The van der Waals surface area contributed by atoms with Crippen LogP contribution < -0.4 is 0 Å². The molecule has 0 bridgehead atoms. The first-order valence-electron chi connectivity index (χ1n) is 16.4. The van der Waals surface area contributed by atoms with Crippen molar-refractivity contribution in [2.75, 3.05) is 0 Å². The van der Waals surface area contributed by atoms with Gasteiger partial charge in [0.05, 0.1) is 45.3 Å². The molecule has 0 N–H and O–H groups in total. The number of nitriles is 2. The van der Waals surface area contributed by atoms with Crippen molar-refractivity contribution in [3.8, 4) is 23.5 Å². The SMILES string of the molecule is N#Cc1ccc2oc3c(ccc4c5ccccc5n(-c5ccc6oc7ccc(-n8c9ccccc9c9cc(C#N)ccc98)cc7c6c5)c43)c2c1. The van der Waals surface area contributed by atoms with E-state index in [2.05, 4.69) is 94.1 Å². The lowest BCUT2D eigenvalue weighted by Gasteiger charge is -2.09. The summed E-state index contributed by atoms with van der Waals surface area (Å²) in [6, 6.07) is 49.7. The fourth-order valence-electron chi connectivity index (χ4n) is 7.97. The zero-order valence-corrected chi connectivity index (χ0v) is 26.3. The van der Waals surface area contributed by atoms with Crippen molar-refractivity contribution in [3.05, 3.63) is 145 Å². The Hall–Kier alpha value is -7.28. The quantitative estimate of drug-likeness (QED) is 0.189. The number of hydrogen-bond acceptors (Lipinski definition) is 4. The van der Waals surface area contributed by atoms with Gasteiger partial charge in [0.15, 0.2) is 5.58 Å². The van der Waals surface area contributed by atoms with Crippen LogP contribution in [0.2, 0.25) is 0 Å². The summed E-state index contributed by atoms with van der Waals surface area (Å²) in [6.07, 6.45) is 0. The molecule has 0 spiro atoms. The van der Waals surface area contributed by atoms with Crippen molar-refractivity contribution in [1.29, 1.82) is 10.5 Å². The van der Waals surface area contributed by atoms with Crippen molar-refractivity contribution >= 4 is 87.5 Å². The maximum absolute atomic E-state index is 9.62. The van der Waals surface area contributed by atoms with E-state index in [0.29, 0.717) is 11.1 Å². The minimum Gasteiger partial charge on any atom is -0.456 e. The molecule has 0 aliphatic carbocycles. The summed E-state index contributed by atoms with van der Waals surface area (Å²) in [5.41, 5.74) is 10.6. The van der Waals surface area contributed by atoms with Gasteiger partial charge in [-0.2, -0.15) is 10.5 Å². The highest BCUT2D eigenvalue weighted by Crippen LogP contribution is 2.42. The minimum absolute atomic E-state index is 0.602. The van der Waals surface area contributed by atoms with E-state index in [1.165, 1.54) is 0 Å². The van der Waals surface area contributed by atoms with Crippen LogP contribution in [-0.2, 0) is 0 Å². The second kappa shape index (κ2) is 9.64. The van der Waals surface area contributed by atoms with Crippen LogP contribution in [-0.4, -0.2) is 9.13 Å². The minimum atomic E-state index is 0.602. The monoisotopic (exact) mass is 638 g/mol. The molecular formula is C44H22N4O2. The standard InChI is InChI=1S/C44H22N4O2/c45-23-25-9-15-39-33(19-25)30-6-2-3-7-37(30)47(39)27-11-17-40-35(21-27)36-22-28(12-18-41(36)49-40)48-38-8-4-1-5-29(38)31-13-14-32-34-20-26(24-46)10-16-42(34)50-44(32)43(31)48/h1-22H. The van der Waals surface area contributed by atoms with E-state index in [1.54, 1.807) is 6.07 Å². The molecule has 0 unspecified atom stereocenters. The van der Waals surface area contributed by atoms with Crippen molar-refractivity contribution in [2.45, 2.75) is 0 Å². The molecular weight excluding hydrogens is 617 g/mol. The van der Waals surface area contributed by atoms with Crippen molar-refractivity contribution in [3.63, 3.8) is 0 Å². The molecule has 6 heteroatoms.